The molecule has 1 amide bonds. The molecule has 0 aliphatic carbocycles. The van der Waals surface area contributed by atoms with E-state index in [2.05, 4.69) is 27.6 Å². The molecule has 0 radical (unpaired) electrons. The van der Waals surface area contributed by atoms with Crippen molar-refractivity contribution in [1.29, 1.82) is 0 Å². The Morgan fingerprint density at radius 3 is 2.83 bits per heavy atom. The van der Waals surface area contributed by atoms with E-state index in [0.717, 1.165) is 67.7 Å². The highest BCUT2D eigenvalue weighted by Crippen LogP contribution is 2.36. The average molecular weight is 506 g/mol. The molecule has 3 heterocycles. The van der Waals surface area contributed by atoms with Crippen molar-refractivity contribution < 1.29 is 18.0 Å². The lowest BCUT2D eigenvalue weighted by atomic mass is 9.91. The monoisotopic (exact) mass is 505 g/mol. The van der Waals surface area contributed by atoms with Gasteiger partial charge in [-0.2, -0.15) is 18.3 Å². The number of aromatic nitrogens is 3. The summed E-state index contributed by atoms with van der Waals surface area (Å²) in [6.07, 6.45) is 3.82. The van der Waals surface area contributed by atoms with E-state index >= 15 is 0 Å². The largest absolute Gasteiger partial charge is 0.417 e. The zero-order valence-electron chi connectivity index (χ0n) is 19.3. The van der Waals surface area contributed by atoms with Gasteiger partial charge < -0.3 is 10.6 Å². The third kappa shape index (κ3) is 5.85. The summed E-state index contributed by atoms with van der Waals surface area (Å²) in [4.78, 5) is 17.0. The summed E-state index contributed by atoms with van der Waals surface area (Å²) in [5, 5.41) is 10.0. The maximum atomic E-state index is 13.3. The minimum atomic E-state index is -4.68. The number of pyridine rings is 1. The quantitative estimate of drug-likeness (QED) is 0.436. The number of alkyl halides is 3. The van der Waals surface area contributed by atoms with Crippen LogP contribution >= 0.6 is 11.6 Å². The van der Waals surface area contributed by atoms with Gasteiger partial charge in [-0.3, -0.25) is 9.48 Å². The molecular weight excluding hydrogens is 479 g/mol. The summed E-state index contributed by atoms with van der Waals surface area (Å²) < 4.78 is 41.8. The first-order valence-electron chi connectivity index (χ1n) is 11.7. The summed E-state index contributed by atoms with van der Waals surface area (Å²) in [6.45, 7) is 3.69. The van der Waals surface area contributed by atoms with Crippen molar-refractivity contribution in [1.82, 2.24) is 25.4 Å². The Kier molecular flexibility index (Phi) is 7.76. The van der Waals surface area contributed by atoms with Crippen LogP contribution in [0.5, 0.6) is 0 Å². The smallest absolute Gasteiger partial charge is 0.342 e. The minimum Gasteiger partial charge on any atom is -0.342 e. The van der Waals surface area contributed by atoms with Gasteiger partial charge in [0, 0.05) is 30.5 Å². The van der Waals surface area contributed by atoms with Crippen LogP contribution in [0.3, 0.4) is 0 Å². The first-order chi connectivity index (χ1) is 16.8. The molecule has 10 heteroatoms. The number of hydrogen-bond donors (Lipinski definition) is 2. The molecule has 3 aromatic rings. The van der Waals surface area contributed by atoms with Crippen molar-refractivity contribution in [2.75, 3.05) is 6.54 Å². The lowest BCUT2D eigenvalue weighted by Crippen LogP contribution is -2.46. The van der Waals surface area contributed by atoms with Gasteiger partial charge in [-0.05, 0) is 49.1 Å². The number of amides is 1. The second kappa shape index (κ2) is 10.8. The molecular formula is C25H27ClF3N5O. The highest BCUT2D eigenvalue weighted by molar-refractivity contribution is 6.34. The third-order valence-corrected chi connectivity index (χ3v) is 6.49. The number of benzene rings is 1. The molecule has 1 unspecified atom stereocenters. The van der Waals surface area contributed by atoms with Crippen LogP contribution in [0.15, 0.2) is 48.9 Å². The molecule has 1 fully saturated rings. The molecule has 35 heavy (non-hydrogen) atoms. The predicted molar refractivity (Wildman–Crippen MR) is 128 cm³/mol. The number of nitrogens with one attached hydrogen (secondary N) is 2. The molecule has 2 atom stereocenters. The van der Waals surface area contributed by atoms with Gasteiger partial charge in [-0.25, -0.2) is 4.98 Å². The standard InChI is InChI=1S/C25H27ClF3N5O/c1-2-12-34-15-18(14-32-34)16-6-5-7-17(13-16)22(20-8-3-4-10-30-20)33-24(35)23-21(26)19(9-11-31-23)25(27,28)29/h5-7,9,11,13-15,20,22,30H,2-4,8,10,12H2,1H3,(H,33,35)/t20-,22?/m0/s1. The number of carbonyl (C=O) groups is 1. The zero-order valence-corrected chi connectivity index (χ0v) is 20.0. The Balaban J connectivity index is 1.66. The first kappa shape index (κ1) is 25.2. The van der Waals surface area contributed by atoms with Gasteiger partial charge in [-0.15, -0.1) is 0 Å². The second-order valence-electron chi connectivity index (χ2n) is 8.64. The topological polar surface area (TPSA) is 71.8 Å². The van der Waals surface area contributed by atoms with Crippen LogP contribution in [0.25, 0.3) is 11.1 Å². The SMILES string of the molecule is CCCn1cc(-c2cccc(C(NC(=O)c3nccc(C(F)(F)F)c3Cl)[C@@H]3CCCCN3)c2)cn1. The molecule has 186 valence electrons. The summed E-state index contributed by atoms with van der Waals surface area (Å²) in [7, 11) is 0. The lowest BCUT2D eigenvalue weighted by Gasteiger charge is -2.32. The Bertz CT molecular complexity index is 1170. The molecule has 0 spiro atoms. The lowest BCUT2D eigenvalue weighted by molar-refractivity contribution is -0.137. The fraction of sp³-hybridized carbons (Fsp3) is 0.400. The molecule has 0 saturated carbocycles. The van der Waals surface area contributed by atoms with E-state index in [0.29, 0.717) is 0 Å². The van der Waals surface area contributed by atoms with Crippen molar-refractivity contribution in [2.45, 2.75) is 57.4 Å². The van der Waals surface area contributed by atoms with E-state index in [1.54, 1.807) is 6.20 Å². The number of aryl methyl sites for hydroxylation is 1. The first-order valence-corrected chi connectivity index (χ1v) is 12.0. The number of carbonyl (C=O) groups excluding carboxylic acids is 1. The van der Waals surface area contributed by atoms with E-state index < -0.39 is 34.4 Å². The molecule has 2 aromatic heterocycles. The molecule has 0 bridgehead atoms. The summed E-state index contributed by atoms with van der Waals surface area (Å²) in [5.74, 6) is -0.750. The number of halogens is 4. The van der Waals surface area contributed by atoms with Gasteiger partial charge in [0.05, 0.1) is 22.8 Å². The van der Waals surface area contributed by atoms with E-state index in [-0.39, 0.29) is 6.04 Å². The second-order valence-corrected chi connectivity index (χ2v) is 9.02. The molecule has 1 saturated heterocycles. The summed E-state index contributed by atoms with van der Waals surface area (Å²) in [6, 6.07) is 7.95. The van der Waals surface area contributed by atoms with Crippen molar-refractivity contribution in [3.8, 4) is 11.1 Å². The van der Waals surface area contributed by atoms with Crippen molar-refractivity contribution >= 4 is 17.5 Å². The number of piperidine rings is 1. The van der Waals surface area contributed by atoms with Crippen molar-refractivity contribution in [3.05, 3.63) is 70.8 Å². The highest BCUT2D eigenvalue weighted by Gasteiger charge is 2.36. The van der Waals surface area contributed by atoms with Gasteiger partial charge in [0.1, 0.15) is 5.69 Å². The van der Waals surface area contributed by atoms with Gasteiger partial charge in [-0.1, -0.05) is 43.1 Å². The molecule has 1 aliphatic rings. The normalized spacial score (nSPS) is 17.2. The number of rotatable bonds is 7. The van der Waals surface area contributed by atoms with E-state index in [9.17, 15) is 18.0 Å². The van der Waals surface area contributed by atoms with E-state index in [1.807, 2.05) is 35.1 Å². The van der Waals surface area contributed by atoms with Crippen molar-refractivity contribution in [3.63, 3.8) is 0 Å². The van der Waals surface area contributed by atoms with Crippen LogP contribution in [0.2, 0.25) is 5.02 Å². The Morgan fingerprint density at radius 2 is 2.11 bits per heavy atom. The van der Waals surface area contributed by atoms with Crippen LogP contribution < -0.4 is 10.6 Å². The fourth-order valence-corrected chi connectivity index (χ4v) is 4.69. The molecule has 4 rings (SSSR count). The number of nitrogens with zero attached hydrogens (tertiary/aromatic N) is 3. The third-order valence-electron chi connectivity index (χ3n) is 6.11. The van der Waals surface area contributed by atoms with Crippen molar-refractivity contribution in [2.24, 2.45) is 0 Å². The molecule has 2 N–H and O–H groups in total. The van der Waals surface area contributed by atoms with Gasteiger partial charge in [0.25, 0.3) is 5.91 Å². The molecule has 1 aromatic carbocycles. The van der Waals surface area contributed by atoms with Crippen LogP contribution in [-0.4, -0.2) is 33.3 Å². The van der Waals surface area contributed by atoms with Gasteiger partial charge >= 0.3 is 6.18 Å². The van der Waals surface area contributed by atoms with E-state index in [4.69, 9.17) is 11.6 Å². The van der Waals surface area contributed by atoms with Crippen LogP contribution in [0, 0.1) is 0 Å². The zero-order chi connectivity index (χ0) is 25.0. The van der Waals surface area contributed by atoms with Crippen LogP contribution in [0.4, 0.5) is 13.2 Å². The summed E-state index contributed by atoms with van der Waals surface area (Å²) in [5.41, 5.74) is 1.19. The van der Waals surface area contributed by atoms with Crippen LogP contribution in [-0.2, 0) is 12.7 Å². The Labute approximate surface area is 206 Å². The maximum Gasteiger partial charge on any atom is 0.417 e. The van der Waals surface area contributed by atoms with Crippen LogP contribution in [0.1, 0.15) is 60.3 Å². The van der Waals surface area contributed by atoms with Gasteiger partial charge in [0.15, 0.2) is 0 Å². The highest BCUT2D eigenvalue weighted by atomic mass is 35.5. The Morgan fingerprint density at radius 1 is 1.29 bits per heavy atom. The maximum absolute atomic E-state index is 13.3. The average Bonchev–Trinajstić information content (AvgIpc) is 3.31. The molecule has 1 aliphatic heterocycles. The minimum absolute atomic E-state index is 0.0876. The van der Waals surface area contributed by atoms with E-state index in [1.165, 1.54) is 0 Å². The fourth-order valence-electron chi connectivity index (χ4n) is 4.39. The Hall–Kier alpha value is -2.91. The number of hydrogen-bond acceptors (Lipinski definition) is 4. The predicted octanol–water partition coefficient (Wildman–Crippen LogP) is 5.64. The van der Waals surface area contributed by atoms with Gasteiger partial charge in [0.2, 0.25) is 0 Å². The molecule has 6 nitrogen and oxygen atoms in total. The summed E-state index contributed by atoms with van der Waals surface area (Å²) >= 11 is 5.97.